The van der Waals surface area contributed by atoms with E-state index in [1.165, 1.54) is 0 Å². The Morgan fingerprint density at radius 1 is 1.24 bits per heavy atom. The molecular formula is C17H18N2OS. The Balaban J connectivity index is 2.14. The second kappa shape index (κ2) is 5.84. The number of anilines is 2. The van der Waals surface area contributed by atoms with E-state index >= 15 is 0 Å². The molecule has 0 saturated heterocycles. The smallest absolute Gasteiger partial charge is 0.141 e. The van der Waals surface area contributed by atoms with Crippen LogP contribution in [-0.4, -0.2) is 16.6 Å². The van der Waals surface area contributed by atoms with E-state index in [-0.39, 0.29) is 0 Å². The molecule has 0 aliphatic carbocycles. The molecule has 0 radical (unpaired) electrons. The summed E-state index contributed by atoms with van der Waals surface area (Å²) in [6.45, 7) is 4.76. The molecule has 0 aliphatic rings. The third-order valence-electron chi connectivity index (χ3n) is 3.50. The molecule has 0 spiro atoms. The summed E-state index contributed by atoms with van der Waals surface area (Å²) >= 11 is 1.63. The summed E-state index contributed by atoms with van der Waals surface area (Å²) < 4.78 is 1.16. The number of aliphatic hydroxyl groups is 1. The Hall–Kier alpha value is -1.91. The monoisotopic (exact) mass is 298 g/mol. The van der Waals surface area contributed by atoms with Crippen LogP contribution in [0.25, 0.3) is 10.1 Å². The van der Waals surface area contributed by atoms with Gasteiger partial charge in [0, 0.05) is 33.4 Å². The van der Waals surface area contributed by atoms with Crippen molar-refractivity contribution in [2.75, 3.05) is 11.4 Å². The maximum Gasteiger partial charge on any atom is 0.141 e. The largest absolute Gasteiger partial charge is 0.388 e. The zero-order valence-corrected chi connectivity index (χ0v) is 13.0. The van der Waals surface area contributed by atoms with E-state index in [9.17, 15) is 5.11 Å². The minimum Gasteiger partial charge on any atom is -0.388 e. The van der Waals surface area contributed by atoms with Gasteiger partial charge in [-0.2, -0.15) is 0 Å². The van der Waals surface area contributed by atoms with Gasteiger partial charge in [0.15, 0.2) is 0 Å². The van der Waals surface area contributed by atoms with Crippen LogP contribution in [-0.2, 0) is 0 Å². The standard InChI is InChI=1S/C17H18N2OS/c1-3-19(13-7-5-4-6-8-13)17-14-11-16(12(2)20)21-15(14)9-10-18-17/h4-12,20H,3H2,1-2H3. The van der Waals surface area contributed by atoms with Crippen molar-refractivity contribution in [3.05, 3.63) is 53.5 Å². The lowest BCUT2D eigenvalue weighted by atomic mass is 10.2. The maximum atomic E-state index is 9.80. The normalized spacial score (nSPS) is 12.5. The van der Waals surface area contributed by atoms with Gasteiger partial charge in [0.1, 0.15) is 5.82 Å². The maximum absolute atomic E-state index is 9.80. The van der Waals surface area contributed by atoms with Crippen LogP contribution in [0.2, 0.25) is 0 Å². The van der Waals surface area contributed by atoms with Crippen molar-refractivity contribution < 1.29 is 5.11 Å². The number of thiophene rings is 1. The van der Waals surface area contributed by atoms with E-state index in [2.05, 4.69) is 35.0 Å². The van der Waals surface area contributed by atoms with Crippen LogP contribution in [0, 0.1) is 0 Å². The molecule has 1 N–H and O–H groups in total. The molecule has 0 bridgehead atoms. The first kappa shape index (κ1) is 14.0. The van der Waals surface area contributed by atoms with Crippen molar-refractivity contribution in [1.29, 1.82) is 0 Å². The van der Waals surface area contributed by atoms with Crippen molar-refractivity contribution in [1.82, 2.24) is 4.98 Å². The van der Waals surface area contributed by atoms with E-state index in [4.69, 9.17) is 0 Å². The molecular weight excluding hydrogens is 280 g/mol. The summed E-state index contributed by atoms with van der Waals surface area (Å²) in [4.78, 5) is 7.75. The van der Waals surface area contributed by atoms with E-state index in [0.29, 0.717) is 0 Å². The summed E-state index contributed by atoms with van der Waals surface area (Å²) in [5, 5.41) is 10.9. The summed E-state index contributed by atoms with van der Waals surface area (Å²) in [5.41, 5.74) is 1.13. The summed E-state index contributed by atoms with van der Waals surface area (Å²) in [6, 6.07) is 14.3. The van der Waals surface area contributed by atoms with Gasteiger partial charge in [0.2, 0.25) is 0 Å². The fourth-order valence-electron chi connectivity index (χ4n) is 2.45. The topological polar surface area (TPSA) is 36.4 Å². The van der Waals surface area contributed by atoms with E-state index in [1.54, 1.807) is 18.3 Å². The Kier molecular flexibility index (Phi) is 3.90. The van der Waals surface area contributed by atoms with E-state index in [1.807, 2.05) is 30.5 Å². The Morgan fingerprint density at radius 3 is 2.67 bits per heavy atom. The van der Waals surface area contributed by atoms with Gasteiger partial charge >= 0.3 is 0 Å². The number of nitrogens with zero attached hydrogens (tertiary/aromatic N) is 2. The van der Waals surface area contributed by atoms with Crippen LogP contribution in [0.3, 0.4) is 0 Å². The molecule has 1 unspecified atom stereocenters. The highest BCUT2D eigenvalue weighted by Crippen LogP contribution is 2.36. The molecule has 4 heteroatoms. The van der Waals surface area contributed by atoms with Crippen LogP contribution in [0.5, 0.6) is 0 Å². The number of rotatable bonds is 4. The number of fused-ring (bicyclic) bond motifs is 1. The summed E-state index contributed by atoms with van der Waals surface area (Å²) in [6.07, 6.45) is 1.40. The molecule has 2 aromatic heterocycles. The third kappa shape index (κ3) is 2.64. The molecule has 3 aromatic rings. The zero-order valence-electron chi connectivity index (χ0n) is 12.2. The molecule has 2 heterocycles. The lowest BCUT2D eigenvalue weighted by molar-refractivity contribution is 0.203. The first-order valence-corrected chi connectivity index (χ1v) is 7.91. The zero-order chi connectivity index (χ0) is 14.8. The number of benzene rings is 1. The quantitative estimate of drug-likeness (QED) is 0.770. The first-order chi connectivity index (χ1) is 10.2. The van der Waals surface area contributed by atoms with Gasteiger partial charge in [-0.25, -0.2) is 4.98 Å². The van der Waals surface area contributed by atoms with Crippen LogP contribution in [0.1, 0.15) is 24.8 Å². The lowest BCUT2D eigenvalue weighted by Crippen LogP contribution is -2.17. The van der Waals surface area contributed by atoms with Gasteiger partial charge in [0.25, 0.3) is 0 Å². The molecule has 0 fully saturated rings. The van der Waals surface area contributed by atoms with Crippen LogP contribution in [0.4, 0.5) is 11.5 Å². The van der Waals surface area contributed by atoms with Crippen LogP contribution in [0.15, 0.2) is 48.7 Å². The molecule has 0 aliphatic heterocycles. The predicted octanol–water partition coefficient (Wildman–Crippen LogP) is 4.51. The van der Waals surface area contributed by atoms with Gasteiger partial charge in [0.05, 0.1) is 6.10 Å². The summed E-state index contributed by atoms with van der Waals surface area (Å²) in [5.74, 6) is 0.948. The third-order valence-corrected chi connectivity index (χ3v) is 4.77. The Morgan fingerprint density at radius 2 is 2.00 bits per heavy atom. The number of hydrogen-bond donors (Lipinski definition) is 1. The van der Waals surface area contributed by atoms with Gasteiger partial charge in [-0.15, -0.1) is 11.3 Å². The number of aromatic nitrogens is 1. The highest BCUT2D eigenvalue weighted by molar-refractivity contribution is 7.19. The average molecular weight is 298 g/mol. The van der Waals surface area contributed by atoms with Crippen molar-refractivity contribution in [3.63, 3.8) is 0 Å². The summed E-state index contributed by atoms with van der Waals surface area (Å²) in [7, 11) is 0. The molecule has 0 amide bonds. The molecule has 0 saturated carbocycles. The molecule has 108 valence electrons. The Labute approximate surface area is 128 Å². The predicted molar refractivity (Wildman–Crippen MR) is 89.4 cm³/mol. The number of hydrogen-bond acceptors (Lipinski definition) is 4. The van der Waals surface area contributed by atoms with Crippen molar-refractivity contribution in [2.45, 2.75) is 20.0 Å². The van der Waals surface area contributed by atoms with Gasteiger partial charge in [-0.3, -0.25) is 0 Å². The van der Waals surface area contributed by atoms with Crippen LogP contribution >= 0.6 is 11.3 Å². The second-order valence-electron chi connectivity index (χ2n) is 4.95. The highest BCUT2D eigenvalue weighted by atomic mass is 32.1. The van der Waals surface area contributed by atoms with Gasteiger partial charge < -0.3 is 10.0 Å². The molecule has 21 heavy (non-hydrogen) atoms. The van der Waals surface area contributed by atoms with Crippen molar-refractivity contribution >= 4 is 32.9 Å². The SMILES string of the molecule is CCN(c1ccccc1)c1nccc2sc(C(C)O)cc12. The number of para-hydroxylation sites is 1. The fourth-order valence-corrected chi connectivity index (χ4v) is 3.44. The van der Waals surface area contributed by atoms with Crippen molar-refractivity contribution in [2.24, 2.45) is 0 Å². The minimum atomic E-state index is -0.443. The lowest BCUT2D eigenvalue weighted by Gasteiger charge is -2.22. The van der Waals surface area contributed by atoms with Crippen LogP contribution < -0.4 is 4.90 Å². The highest BCUT2D eigenvalue weighted by Gasteiger charge is 2.15. The van der Waals surface area contributed by atoms with Gasteiger partial charge in [-0.05, 0) is 38.1 Å². The van der Waals surface area contributed by atoms with Crippen molar-refractivity contribution in [3.8, 4) is 0 Å². The van der Waals surface area contributed by atoms with Gasteiger partial charge in [-0.1, -0.05) is 18.2 Å². The average Bonchev–Trinajstić information content (AvgIpc) is 2.94. The second-order valence-corrected chi connectivity index (χ2v) is 6.07. The fraction of sp³-hybridized carbons (Fsp3) is 0.235. The minimum absolute atomic E-state index is 0.443. The van der Waals surface area contributed by atoms with E-state index in [0.717, 1.165) is 33.0 Å². The number of aliphatic hydroxyl groups excluding tert-OH is 1. The number of pyridine rings is 1. The first-order valence-electron chi connectivity index (χ1n) is 7.09. The molecule has 3 rings (SSSR count). The Bertz CT molecular complexity index is 737. The molecule has 1 aromatic carbocycles. The molecule has 3 nitrogen and oxygen atoms in total. The van der Waals surface area contributed by atoms with E-state index < -0.39 is 6.10 Å². The molecule has 1 atom stereocenters.